The van der Waals surface area contributed by atoms with Crippen LogP contribution in [-0.2, 0) is 10.2 Å². The number of rotatable bonds is 5. The van der Waals surface area contributed by atoms with Crippen LogP contribution in [0.4, 0.5) is 5.82 Å². The highest BCUT2D eigenvalue weighted by Gasteiger charge is 2.21. The Kier molecular flexibility index (Phi) is 5.59. The van der Waals surface area contributed by atoms with E-state index in [1.807, 2.05) is 48.5 Å². The molecule has 6 nitrogen and oxygen atoms in total. The normalized spacial score (nSPS) is 11.6. The maximum absolute atomic E-state index is 12.5. The van der Waals surface area contributed by atoms with Crippen LogP contribution in [0.15, 0.2) is 60.8 Å². The molecule has 1 N–H and O–H groups in total. The summed E-state index contributed by atoms with van der Waals surface area (Å²) in [7, 11) is 1.60. The standard InChI is InChI=1S/C22H24N4O2/c1-22(2,3)18-15-20(26(25-18)19-11-7-8-14-23-19)24-21(27)13-12-16-9-5-6-10-17(16)28-4/h5-15H,1-4H3,(H,24,27)/b13-12+. The second kappa shape index (κ2) is 8.08. The number of hydrogen-bond acceptors (Lipinski definition) is 4. The van der Waals surface area contributed by atoms with Crippen molar-refractivity contribution in [2.75, 3.05) is 12.4 Å². The fraction of sp³-hybridized carbons (Fsp3) is 0.227. The number of nitrogens with one attached hydrogen (secondary N) is 1. The van der Waals surface area contributed by atoms with Gasteiger partial charge in [0.15, 0.2) is 5.82 Å². The van der Waals surface area contributed by atoms with Gasteiger partial charge < -0.3 is 10.1 Å². The van der Waals surface area contributed by atoms with Crippen molar-refractivity contribution in [1.29, 1.82) is 0 Å². The number of para-hydroxylation sites is 1. The molecular formula is C22H24N4O2. The van der Waals surface area contributed by atoms with Crippen LogP contribution in [-0.4, -0.2) is 27.8 Å². The maximum atomic E-state index is 12.5. The van der Waals surface area contributed by atoms with E-state index in [9.17, 15) is 4.79 Å². The Morgan fingerprint density at radius 3 is 2.57 bits per heavy atom. The average Bonchev–Trinajstić information content (AvgIpc) is 3.11. The molecule has 1 aromatic carbocycles. The first-order valence-corrected chi connectivity index (χ1v) is 9.02. The van der Waals surface area contributed by atoms with Crippen molar-refractivity contribution in [1.82, 2.24) is 14.8 Å². The van der Waals surface area contributed by atoms with Crippen molar-refractivity contribution in [2.24, 2.45) is 0 Å². The molecule has 2 aromatic heterocycles. The quantitative estimate of drug-likeness (QED) is 0.677. The van der Waals surface area contributed by atoms with Gasteiger partial charge in [-0.25, -0.2) is 4.98 Å². The summed E-state index contributed by atoms with van der Waals surface area (Å²) in [5, 5.41) is 7.55. The molecule has 3 rings (SSSR count). The predicted molar refractivity (Wildman–Crippen MR) is 111 cm³/mol. The van der Waals surface area contributed by atoms with E-state index in [0.717, 1.165) is 11.3 Å². The van der Waals surface area contributed by atoms with Crippen LogP contribution in [0.3, 0.4) is 0 Å². The lowest BCUT2D eigenvalue weighted by molar-refractivity contribution is -0.111. The third-order valence-corrected chi connectivity index (χ3v) is 4.15. The highest BCUT2D eigenvalue weighted by Crippen LogP contribution is 2.26. The Morgan fingerprint density at radius 1 is 1.14 bits per heavy atom. The van der Waals surface area contributed by atoms with E-state index in [1.54, 1.807) is 24.1 Å². The first kappa shape index (κ1) is 19.4. The molecule has 0 aliphatic heterocycles. The van der Waals surface area contributed by atoms with Gasteiger partial charge in [-0.3, -0.25) is 4.79 Å². The molecule has 0 fully saturated rings. The number of ether oxygens (including phenoxy) is 1. The van der Waals surface area contributed by atoms with Crippen molar-refractivity contribution in [3.63, 3.8) is 0 Å². The topological polar surface area (TPSA) is 69.0 Å². The number of aromatic nitrogens is 3. The van der Waals surface area contributed by atoms with Gasteiger partial charge in [0.25, 0.3) is 0 Å². The van der Waals surface area contributed by atoms with E-state index < -0.39 is 0 Å². The Bertz CT molecular complexity index is 985. The van der Waals surface area contributed by atoms with Crippen LogP contribution in [0.1, 0.15) is 32.0 Å². The minimum absolute atomic E-state index is 0.160. The summed E-state index contributed by atoms with van der Waals surface area (Å²) in [4.78, 5) is 16.9. The first-order chi connectivity index (χ1) is 13.4. The zero-order valence-corrected chi connectivity index (χ0v) is 16.5. The molecule has 28 heavy (non-hydrogen) atoms. The monoisotopic (exact) mass is 376 g/mol. The van der Waals surface area contributed by atoms with Gasteiger partial charge in [0.2, 0.25) is 5.91 Å². The van der Waals surface area contributed by atoms with Crippen LogP contribution >= 0.6 is 0 Å². The molecule has 0 aliphatic rings. The molecule has 0 unspecified atom stereocenters. The molecule has 0 atom stereocenters. The van der Waals surface area contributed by atoms with Gasteiger partial charge in [0.1, 0.15) is 11.6 Å². The van der Waals surface area contributed by atoms with Crippen molar-refractivity contribution in [2.45, 2.75) is 26.2 Å². The smallest absolute Gasteiger partial charge is 0.249 e. The van der Waals surface area contributed by atoms with E-state index in [4.69, 9.17) is 4.74 Å². The third kappa shape index (κ3) is 4.46. The van der Waals surface area contributed by atoms with Crippen molar-refractivity contribution in [3.05, 3.63) is 72.1 Å². The predicted octanol–water partition coefficient (Wildman–Crippen LogP) is 4.23. The van der Waals surface area contributed by atoms with Crippen LogP contribution < -0.4 is 10.1 Å². The minimum atomic E-state index is -0.261. The number of nitrogens with zero attached hydrogens (tertiary/aromatic N) is 3. The van der Waals surface area contributed by atoms with E-state index in [1.165, 1.54) is 6.08 Å². The van der Waals surface area contributed by atoms with E-state index >= 15 is 0 Å². The van der Waals surface area contributed by atoms with Gasteiger partial charge in [-0.05, 0) is 24.3 Å². The third-order valence-electron chi connectivity index (χ3n) is 4.15. The van der Waals surface area contributed by atoms with E-state index in [2.05, 4.69) is 36.2 Å². The highest BCUT2D eigenvalue weighted by atomic mass is 16.5. The Morgan fingerprint density at radius 2 is 1.89 bits per heavy atom. The SMILES string of the molecule is COc1ccccc1/C=C/C(=O)Nc1cc(C(C)(C)C)nn1-c1ccccn1. The number of hydrogen-bond donors (Lipinski definition) is 1. The lowest BCUT2D eigenvalue weighted by atomic mass is 9.92. The Labute approximate surface area is 164 Å². The lowest BCUT2D eigenvalue weighted by Crippen LogP contribution is -2.14. The molecule has 0 radical (unpaired) electrons. The summed E-state index contributed by atoms with van der Waals surface area (Å²) in [5.41, 5.74) is 1.53. The van der Waals surface area contributed by atoms with E-state index in [-0.39, 0.29) is 11.3 Å². The largest absolute Gasteiger partial charge is 0.496 e. The van der Waals surface area contributed by atoms with Crippen molar-refractivity contribution < 1.29 is 9.53 Å². The number of carbonyl (C=O) groups excluding carboxylic acids is 1. The zero-order chi connectivity index (χ0) is 20.1. The molecule has 2 heterocycles. The minimum Gasteiger partial charge on any atom is -0.496 e. The fourth-order valence-electron chi connectivity index (χ4n) is 2.63. The molecule has 6 heteroatoms. The number of carbonyl (C=O) groups is 1. The number of methoxy groups -OCH3 is 1. The summed E-state index contributed by atoms with van der Waals surface area (Å²) in [6, 6.07) is 15.0. The van der Waals surface area contributed by atoms with Crippen LogP contribution in [0.25, 0.3) is 11.9 Å². The maximum Gasteiger partial charge on any atom is 0.249 e. The molecule has 0 spiro atoms. The van der Waals surface area contributed by atoms with Crippen LogP contribution in [0.5, 0.6) is 5.75 Å². The van der Waals surface area contributed by atoms with Gasteiger partial charge in [-0.2, -0.15) is 9.78 Å². The fourth-order valence-corrected chi connectivity index (χ4v) is 2.63. The second-order valence-electron chi connectivity index (χ2n) is 7.33. The van der Waals surface area contributed by atoms with Gasteiger partial charge in [0.05, 0.1) is 12.8 Å². The van der Waals surface area contributed by atoms with Gasteiger partial charge in [-0.15, -0.1) is 0 Å². The molecule has 1 amide bonds. The summed E-state index contributed by atoms with van der Waals surface area (Å²) >= 11 is 0. The molecule has 144 valence electrons. The van der Waals surface area contributed by atoms with E-state index in [0.29, 0.717) is 17.4 Å². The lowest BCUT2D eigenvalue weighted by Gasteiger charge is -2.13. The second-order valence-corrected chi connectivity index (χ2v) is 7.33. The summed E-state index contributed by atoms with van der Waals surface area (Å²) in [6.07, 6.45) is 4.89. The number of pyridine rings is 1. The molecule has 0 bridgehead atoms. The summed E-state index contributed by atoms with van der Waals surface area (Å²) in [5.74, 6) is 1.66. The number of anilines is 1. The average molecular weight is 376 g/mol. The first-order valence-electron chi connectivity index (χ1n) is 9.02. The molecule has 0 aliphatic carbocycles. The molecular weight excluding hydrogens is 352 g/mol. The number of amides is 1. The summed E-state index contributed by atoms with van der Waals surface area (Å²) < 4.78 is 6.96. The van der Waals surface area contributed by atoms with Crippen LogP contribution in [0, 0.1) is 0 Å². The Hall–Kier alpha value is -3.41. The van der Waals surface area contributed by atoms with Crippen LogP contribution in [0.2, 0.25) is 0 Å². The molecule has 3 aromatic rings. The zero-order valence-electron chi connectivity index (χ0n) is 16.5. The number of benzene rings is 1. The Balaban J connectivity index is 1.87. The van der Waals surface area contributed by atoms with Gasteiger partial charge >= 0.3 is 0 Å². The van der Waals surface area contributed by atoms with Gasteiger partial charge in [-0.1, -0.05) is 45.0 Å². The van der Waals surface area contributed by atoms with Crippen molar-refractivity contribution >= 4 is 17.8 Å². The molecule has 0 saturated heterocycles. The van der Waals surface area contributed by atoms with Crippen molar-refractivity contribution in [3.8, 4) is 11.6 Å². The highest BCUT2D eigenvalue weighted by molar-refractivity contribution is 6.01. The molecule has 0 saturated carbocycles. The summed E-state index contributed by atoms with van der Waals surface area (Å²) in [6.45, 7) is 6.22. The van der Waals surface area contributed by atoms with Gasteiger partial charge in [0, 0.05) is 29.3 Å².